The molecule has 0 amide bonds. The van der Waals surface area contributed by atoms with Crippen molar-refractivity contribution in [1.29, 1.82) is 0 Å². The van der Waals surface area contributed by atoms with Crippen molar-refractivity contribution in [3.05, 3.63) is 47.4 Å². The zero-order chi connectivity index (χ0) is 18.0. The van der Waals surface area contributed by atoms with Gasteiger partial charge in [0.1, 0.15) is 12.2 Å². The molecular formula is C18H18F3NO3. The number of aliphatic imine (C=N–C) groups is 1. The van der Waals surface area contributed by atoms with Gasteiger partial charge in [-0.25, -0.2) is 0 Å². The number of Topliss-reactive ketones (excluding diaryl/α,β-unsaturated/α-hetero) is 1. The molecule has 1 saturated carbocycles. The molecule has 0 radical (unpaired) electrons. The van der Waals surface area contributed by atoms with Crippen LogP contribution in [-0.2, 0) is 20.4 Å². The Bertz CT molecular complexity index is 721. The maximum Gasteiger partial charge on any atom is 0.416 e. The van der Waals surface area contributed by atoms with Crippen LogP contribution in [0.3, 0.4) is 0 Å². The van der Waals surface area contributed by atoms with Crippen LogP contribution in [0, 0.1) is 0 Å². The van der Waals surface area contributed by atoms with E-state index in [1.54, 1.807) is 0 Å². The topological polar surface area (TPSA) is 47.9 Å². The van der Waals surface area contributed by atoms with Crippen molar-refractivity contribution in [1.82, 2.24) is 0 Å². The summed E-state index contributed by atoms with van der Waals surface area (Å²) in [5.74, 6) is -1.26. The highest BCUT2D eigenvalue weighted by Crippen LogP contribution is 2.37. The molecule has 0 bridgehead atoms. The van der Waals surface area contributed by atoms with E-state index in [4.69, 9.17) is 9.47 Å². The van der Waals surface area contributed by atoms with Crippen LogP contribution in [0.15, 0.2) is 41.3 Å². The van der Waals surface area contributed by atoms with E-state index in [1.165, 1.54) is 18.4 Å². The Hall–Kier alpha value is -2.31. The Kier molecular flexibility index (Phi) is 4.83. The van der Waals surface area contributed by atoms with Gasteiger partial charge in [-0.2, -0.15) is 13.2 Å². The molecule has 1 atom stereocenters. The number of ether oxygens (including phenoxy) is 2. The number of hydrogen-bond donors (Lipinski definition) is 0. The van der Waals surface area contributed by atoms with Crippen molar-refractivity contribution in [3.8, 4) is 0 Å². The van der Waals surface area contributed by atoms with E-state index < -0.39 is 23.4 Å². The summed E-state index contributed by atoms with van der Waals surface area (Å²) in [5.41, 5.74) is -0.582. The molecule has 25 heavy (non-hydrogen) atoms. The Labute approximate surface area is 143 Å². The Morgan fingerprint density at radius 1 is 1.36 bits per heavy atom. The van der Waals surface area contributed by atoms with Crippen molar-refractivity contribution < 1.29 is 27.4 Å². The van der Waals surface area contributed by atoms with E-state index in [9.17, 15) is 18.0 Å². The fourth-order valence-corrected chi connectivity index (χ4v) is 2.48. The van der Waals surface area contributed by atoms with Gasteiger partial charge >= 0.3 is 6.18 Å². The smallest absolute Gasteiger partial charge is 0.416 e. The van der Waals surface area contributed by atoms with Crippen molar-refractivity contribution in [2.45, 2.75) is 44.3 Å². The van der Waals surface area contributed by atoms with Crippen LogP contribution in [0.1, 0.15) is 43.2 Å². The zero-order valence-corrected chi connectivity index (χ0v) is 13.7. The molecule has 1 aromatic rings. The number of carbonyl (C=O) groups is 1. The zero-order valence-electron chi connectivity index (χ0n) is 13.7. The van der Waals surface area contributed by atoms with Crippen LogP contribution in [0.5, 0.6) is 0 Å². The van der Waals surface area contributed by atoms with Gasteiger partial charge in [-0.1, -0.05) is 25.1 Å². The van der Waals surface area contributed by atoms with E-state index in [-0.39, 0.29) is 23.3 Å². The number of alkyl halides is 3. The molecule has 1 heterocycles. The van der Waals surface area contributed by atoms with Crippen LogP contribution < -0.4 is 0 Å². The first-order valence-corrected chi connectivity index (χ1v) is 8.19. The number of carbonyl (C=O) groups excluding carboxylic acids is 1. The van der Waals surface area contributed by atoms with E-state index in [1.807, 2.05) is 6.92 Å². The molecule has 3 rings (SSSR count). The third-order valence-electron chi connectivity index (χ3n) is 3.88. The van der Waals surface area contributed by atoms with Crippen LogP contribution in [0.25, 0.3) is 0 Å². The van der Waals surface area contributed by atoms with E-state index >= 15 is 0 Å². The van der Waals surface area contributed by atoms with E-state index in [0.717, 1.165) is 31.4 Å². The molecule has 1 saturated heterocycles. The van der Waals surface area contributed by atoms with Gasteiger partial charge in [-0.3, -0.25) is 9.79 Å². The molecular weight excluding hydrogens is 335 g/mol. The van der Waals surface area contributed by atoms with E-state index in [2.05, 4.69) is 4.99 Å². The summed E-state index contributed by atoms with van der Waals surface area (Å²) in [4.78, 5) is 17.0. The highest BCUT2D eigenvalue weighted by atomic mass is 19.4. The van der Waals surface area contributed by atoms with Gasteiger partial charge in [-0.15, -0.1) is 0 Å². The third kappa shape index (κ3) is 4.03. The lowest BCUT2D eigenvalue weighted by atomic mass is 9.94. The van der Waals surface area contributed by atoms with Crippen LogP contribution in [0.2, 0.25) is 0 Å². The second-order valence-corrected chi connectivity index (χ2v) is 6.07. The summed E-state index contributed by atoms with van der Waals surface area (Å²) in [6, 6.07) is 4.80. The third-order valence-corrected chi connectivity index (χ3v) is 3.88. The van der Waals surface area contributed by atoms with Gasteiger partial charge in [0, 0.05) is 0 Å². The number of nitrogens with zero attached hydrogens (tertiary/aromatic N) is 1. The first-order valence-electron chi connectivity index (χ1n) is 8.19. The van der Waals surface area contributed by atoms with E-state index in [0.29, 0.717) is 6.61 Å². The molecule has 2 fully saturated rings. The maximum absolute atomic E-state index is 13.0. The highest BCUT2D eigenvalue weighted by Gasteiger charge is 2.42. The number of halogens is 3. The molecule has 2 aliphatic rings. The van der Waals surface area contributed by atoms with Gasteiger partial charge in [0.2, 0.25) is 17.4 Å². The normalized spacial score (nSPS) is 24.0. The predicted molar refractivity (Wildman–Crippen MR) is 85.1 cm³/mol. The number of allylic oxidation sites excluding steroid dienone is 1. The van der Waals surface area contributed by atoms with Crippen molar-refractivity contribution in [3.63, 3.8) is 0 Å². The van der Waals surface area contributed by atoms with Gasteiger partial charge in [0.25, 0.3) is 0 Å². The van der Waals surface area contributed by atoms with Crippen LogP contribution >= 0.6 is 0 Å². The second-order valence-electron chi connectivity index (χ2n) is 6.07. The molecule has 0 aromatic heterocycles. The maximum atomic E-state index is 13.0. The molecule has 1 aliphatic heterocycles. The summed E-state index contributed by atoms with van der Waals surface area (Å²) in [6.07, 6.45) is -0.710. The first kappa shape index (κ1) is 17.5. The number of benzene rings is 1. The highest BCUT2D eigenvalue weighted by molar-refractivity contribution is 6.19. The summed E-state index contributed by atoms with van der Waals surface area (Å²) in [7, 11) is 0. The largest absolute Gasteiger partial charge is 0.497 e. The minimum absolute atomic E-state index is 0.0183. The Morgan fingerprint density at radius 2 is 2.12 bits per heavy atom. The monoisotopic (exact) mass is 353 g/mol. The lowest BCUT2D eigenvalue weighted by Crippen LogP contribution is -2.15. The Balaban J connectivity index is 1.94. The summed E-state index contributed by atoms with van der Waals surface area (Å²) in [6.45, 7) is 2.34. The van der Waals surface area contributed by atoms with Crippen molar-refractivity contribution >= 4 is 11.7 Å². The summed E-state index contributed by atoms with van der Waals surface area (Å²) < 4.78 is 49.7. The molecule has 134 valence electrons. The minimum Gasteiger partial charge on any atom is -0.497 e. The number of hydrogen-bond acceptors (Lipinski definition) is 4. The minimum atomic E-state index is -4.48. The molecule has 0 spiro atoms. The summed E-state index contributed by atoms with van der Waals surface area (Å²) >= 11 is 0. The fraction of sp³-hybridized carbons (Fsp3) is 0.444. The standard InChI is InChI=1S/C18H18F3NO3/c1-2-8-24-10-14-16(23)15(17(25-14)22-13-6-7-13)11-4-3-5-12(9-11)18(19,20)21/h3-5,9-10,13,15H,2,6-8H2,1H3. The molecule has 1 aromatic carbocycles. The van der Waals surface area contributed by atoms with Gasteiger partial charge in [0.15, 0.2) is 0 Å². The van der Waals surface area contributed by atoms with Gasteiger partial charge < -0.3 is 9.47 Å². The van der Waals surface area contributed by atoms with Crippen molar-refractivity contribution in [2.75, 3.05) is 6.61 Å². The second kappa shape index (κ2) is 6.90. The Morgan fingerprint density at radius 3 is 2.76 bits per heavy atom. The molecule has 4 nitrogen and oxygen atoms in total. The predicted octanol–water partition coefficient (Wildman–Crippen LogP) is 4.22. The molecule has 1 unspecified atom stereocenters. The van der Waals surface area contributed by atoms with Crippen LogP contribution in [-0.4, -0.2) is 24.3 Å². The number of rotatable bonds is 5. The molecule has 0 N–H and O–H groups in total. The number of ketones is 1. The quantitative estimate of drug-likeness (QED) is 0.452. The van der Waals surface area contributed by atoms with Gasteiger partial charge in [0.05, 0.1) is 18.2 Å². The lowest BCUT2D eigenvalue weighted by molar-refractivity contribution is -0.137. The fourth-order valence-electron chi connectivity index (χ4n) is 2.48. The van der Waals surface area contributed by atoms with Gasteiger partial charge in [-0.05, 0) is 30.9 Å². The summed E-state index contributed by atoms with van der Waals surface area (Å²) in [5, 5.41) is 0. The molecule has 7 heteroatoms. The lowest BCUT2D eigenvalue weighted by Gasteiger charge is -2.11. The average molecular weight is 353 g/mol. The van der Waals surface area contributed by atoms with Crippen molar-refractivity contribution in [2.24, 2.45) is 4.99 Å². The van der Waals surface area contributed by atoms with Crippen LogP contribution in [0.4, 0.5) is 13.2 Å². The average Bonchev–Trinajstić information content (AvgIpc) is 3.32. The first-order chi connectivity index (χ1) is 11.9. The SMILES string of the molecule is CCCOC=C1OC(=NC2CC2)C(c2cccc(C(F)(F)F)c2)C1=O. The molecule has 1 aliphatic carbocycles.